The molecule has 0 atom stereocenters. The molecular formula is C8H9F2NO2S. The molecule has 3 nitrogen and oxygen atoms in total. The summed E-state index contributed by atoms with van der Waals surface area (Å²) >= 11 is 0. The molecule has 1 aromatic carbocycles. The molecule has 14 heavy (non-hydrogen) atoms. The number of sulfonamides is 1. The van der Waals surface area contributed by atoms with Crippen molar-refractivity contribution in [2.24, 2.45) is 0 Å². The molecule has 0 heterocycles. The molecular weight excluding hydrogens is 212 g/mol. The number of hydrogen-bond acceptors (Lipinski definition) is 2. The molecule has 0 amide bonds. The molecule has 0 fully saturated rings. The van der Waals surface area contributed by atoms with Gasteiger partial charge in [0.05, 0.1) is 6.26 Å². The molecule has 1 N–H and O–H groups in total. The fourth-order valence-electron chi connectivity index (χ4n) is 0.894. The van der Waals surface area contributed by atoms with E-state index in [1.165, 1.54) is 12.1 Å². The van der Waals surface area contributed by atoms with E-state index >= 15 is 0 Å². The first-order valence-corrected chi connectivity index (χ1v) is 5.67. The van der Waals surface area contributed by atoms with Crippen LogP contribution in [0.25, 0.3) is 0 Å². The van der Waals surface area contributed by atoms with Crippen LogP contribution in [0.4, 0.5) is 8.78 Å². The minimum absolute atomic E-state index is 0.0181. The highest BCUT2D eigenvalue weighted by Crippen LogP contribution is 2.10. The SMILES string of the molecule is CS(=O)(=O)NCc1cccc(F)c1F. The third kappa shape index (κ3) is 3.04. The first kappa shape index (κ1) is 11.1. The second-order valence-electron chi connectivity index (χ2n) is 2.81. The highest BCUT2D eigenvalue weighted by atomic mass is 32.2. The maximum absolute atomic E-state index is 13.0. The lowest BCUT2D eigenvalue weighted by Crippen LogP contribution is -2.22. The number of halogens is 2. The Morgan fingerprint density at radius 3 is 2.57 bits per heavy atom. The number of benzene rings is 1. The summed E-state index contributed by atoms with van der Waals surface area (Å²) in [6.07, 6.45) is 0.949. The van der Waals surface area contributed by atoms with Crippen LogP contribution in [0.3, 0.4) is 0 Å². The Bertz CT molecular complexity index is 431. The van der Waals surface area contributed by atoms with Crippen molar-refractivity contribution in [3.63, 3.8) is 0 Å². The molecule has 1 rings (SSSR count). The van der Waals surface area contributed by atoms with E-state index in [4.69, 9.17) is 0 Å². The monoisotopic (exact) mass is 221 g/mol. The average Bonchev–Trinajstić information content (AvgIpc) is 2.06. The minimum atomic E-state index is -3.39. The standard InChI is InChI=1S/C8H9F2NO2S/c1-14(12,13)11-5-6-3-2-4-7(9)8(6)10/h2-4,11H,5H2,1H3. The number of rotatable bonds is 3. The molecule has 6 heteroatoms. The van der Waals surface area contributed by atoms with Gasteiger partial charge in [-0.3, -0.25) is 0 Å². The summed E-state index contributed by atoms with van der Waals surface area (Å²) < 4.78 is 49.0. The first-order chi connectivity index (χ1) is 6.40. The molecule has 78 valence electrons. The zero-order chi connectivity index (χ0) is 10.8. The van der Waals surface area contributed by atoms with Crippen LogP contribution in [0.2, 0.25) is 0 Å². The van der Waals surface area contributed by atoms with Gasteiger partial charge in [0.2, 0.25) is 10.0 Å². The lowest BCUT2D eigenvalue weighted by molar-refractivity contribution is 0.497. The smallest absolute Gasteiger partial charge is 0.209 e. The van der Waals surface area contributed by atoms with E-state index < -0.39 is 21.7 Å². The van der Waals surface area contributed by atoms with E-state index in [9.17, 15) is 17.2 Å². The topological polar surface area (TPSA) is 46.2 Å². The van der Waals surface area contributed by atoms with Crippen molar-refractivity contribution < 1.29 is 17.2 Å². The van der Waals surface area contributed by atoms with Crippen molar-refractivity contribution in [3.8, 4) is 0 Å². The maximum Gasteiger partial charge on any atom is 0.209 e. The molecule has 0 aliphatic heterocycles. The summed E-state index contributed by atoms with van der Waals surface area (Å²) in [6.45, 7) is -0.248. The quantitative estimate of drug-likeness (QED) is 0.828. The third-order valence-electron chi connectivity index (χ3n) is 1.56. The van der Waals surface area contributed by atoms with Crippen LogP contribution < -0.4 is 4.72 Å². The van der Waals surface area contributed by atoms with Gasteiger partial charge < -0.3 is 0 Å². The van der Waals surface area contributed by atoms with E-state index in [0.29, 0.717) is 0 Å². The van der Waals surface area contributed by atoms with Crippen molar-refractivity contribution in [1.29, 1.82) is 0 Å². The van der Waals surface area contributed by atoms with Crippen LogP contribution in [-0.2, 0) is 16.6 Å². The average molecular weight is 221 g/mol. The zero-order valence-electron chi connectivity index (χ0n) is 7.42. The van der Waals surface area contributed by atoms with Gasteiger partial charge in [-0.15, -0.1) is 0 Å². The normalized spacial score (nSPS) is 11.6. The van der Waals surface area contributed by atoms with Gasteiger partial charge in [0, 0.05) is 12.1 Å². The van der Waals surface area contributed by atoms with Crippen molar-refractivity contribution >= 4 is 10.0 Å². The molecule has 0 spiro atoms. The molecule has 0 saturated heterocycles. The van der Waals surface area contributed by atoms with Crippen LogP contribution in [-0.4, -0.2) is 14.7 Å². The lowest BCUT2D eigenvalue weighted by atomic mass is 10.2. The van der Waals surface area contributed by atoms with Crippen LogP contribution in [0, 0.1) is 11.6 Å². The molecule has 1 aromatic rings. The summed E-state index contributed by atoms with van der Waals surface area (Å²) in [4.78, 5) is 0. The Morgan fingerprint density at radius 2 is 2.00 bits per heavy atom. The van der Waals surface area contributed by atoms with Crippen LogP contribution in [0.15, 0.2) is 18.2 Å². The highest BCUT2D eigenvalue weighted by molar-refractivity contribution is 7.88. The minimum Gasteiger partial charge on any atom is -0.213 e. The van der Waals surface area contributed by atoms with Crippen LogP contribution >= 0.6 is 0 Å². The fraction of sp³-hybridized carbons (Fsp3) is 0.250. The van der Waals surface area contributed by atoms with E-state index in [2.05, 4.69) is 4.72 Å². The van der Waals surface area contributed by atoms with Gasteiger partial charge in [0.25, 0.3) is 0 Å². The summed E-state index contributed by atoms with van der Waals surface area (Å²) in [7, 11) is -3.39. The first-order valence-electron chi connectivity index (χ1n) is 3.77. The van der Waals surface area contributed by atoms with Crippen molar-refractivity contribution in [3.05, 3.63) is 35.4 Å². The second-order valence-corrected chi connectivity index (χ2v) is 4.64. The Kier molecular flexibility index (Phi) is 3.17. The van der Waals surface area contributed by atoms with E-state index in [-0.39, 0.29) is 12.1 Å². The summed E-state index contributed by atoms with van der Waals surface area (Å²) in [6, 6.07) is 3.60. The number of hydrogen-bond donors (Lipinski definition) is 1. The van der Waals surface area contributed by atoms with Crippen molar-refractivity contribution in [2.75, 3.05) is 6.26 Å². The second kappa shape index (κ2) is 4.02. The van der Waals surface area contributed by atoms with Crippen LogP contribution in [0.5, 0.6) is 0 Å². The molecule has 0 saturated carbocycles. The molecule has 0 unspecified atom stereocenters. The summed E-state index contributed by atoms with van der Waals surface area (Å²) in [5.41, 5.74) is -0.0181. The van der Waals surface area contributed by atoms with Gasteiger partial charge >= 0.3 is 0 Å². The Hall–Kier alpha value is -1.01. The molecule has 0 aromatic heterocycles. The van der Waals surface area contributed by atoms with Crippen LogP contribution in [0.1, 0.15) is 5.56 Å². The van der Waals surface area contributed by atoms with Gasteiger partial charge in [-0.2, -0.15) is 0 Å². The van der Waals surface area contributed by atoms with Gasteiger partial charge in [-0.05, 0) is 6.07 Å². The molecule has 0 bridgehead atoms. The van der Waals surface area contributed by atoms with E-state index in [1.54, 1.807) is 0 Å². The Morgan fingerprint density at radius 1 is 1.36 bits per heavy atom. The third-order valence-corrected chi connectivity index (χ3v) is 2.23. The van der Waals surface area contributed by atoms with Gasteiger partial charge in [-0.1, -0.05) is 12.1 Å². The number of nitrogens with one attached hydrogen (secondary N) is 1. The lowest BCUT2D eigenvalue weighted by Gasteiger charge is -2.03. The Balaban J connectivity index is 2.83. The van der Waals surface area contributed by atoms with Gasteiger partial charge in [-0.25, -0.2) is 21.9 Å². The maximum atomic E-state index is 13.0. The largest absolute Gasteiger partial charge is 0.213 e. The zero-order valence-corrected chi connectivity index (χ0v) is 8.24. The summed E-state index contributed by atoms with van der Waals surface area (Å²) in [5, 5.41) is 0. The van der Waals surface area contributed by atoms with Gasteiger partial charge in [0.1, 0.15) is 0 Å². The van der Waals surface area contributed by atoms with Gasteiger partial charge in [0.15, 0.2) is 11.6 Å². The predicted octanol–water partition coefficient (Wildman–Crippen LogP) is 1.01. The fourth-order valence-corrected chi connectivity index (χ4v) is 1.31. The molecule has 0 radical (unpaired) electrons. The summed E-state index contributed by atoms with van der Waals surface area (Å²) in [5.74, 6) is -2.01. The Labute approximate surface area is 80.8 Å². The van der Waals surface area contributed by atoms with Crippen molar-refractivity contribution in [2.45, 2.75) is 6.54 Å². The van der Waals surface area contributed by atoms with Crippen molar-refractivity contribution in [1.82, 2.24) is 4.72 Å². The molecule has 0 aliphatic rings. The van der Waals surface area contributed by atoms with E-state index in [0.717, 1.165) is 12.3 Å². The molecule has 0 aliphatic carbocycles. The highest BCUT2D eigenvalue weighted by Gasteiger charge is 2.08. The predicted molar refractivity (Wildman–Crippen MR) is 48.0 cm³/mol. The van der Waals surface area contributed by atoms with E-state index in [1.807, 2.05) is 0 Å².